The predicted molar refractivity (Wildman–Crippen MR) is 120 cm³/mol. The molecule has 2 N–H and O–H groups in total. The van der Waals surface area contributed by atoms with Crippen molar-refractivity contribution in [1.29, 1.82) is 0 Å². The summed E-state index contributed by atoms with van der Waals surface area (Å²) in [5, 5.41) is 11.0. The molecule has 3 rings (SSSR count). The van der Waals surface area contributed by atoms with E-state index in [0.29, 0.717) is 13.1 Å². The van der Waals surface area contributed by atoms with Crippen molar-refractivity contribution in [3.63, 3.8) is 0 Å². The number of rotatable bonds is 7. The third kappa shape index (κ3) is 6.35. The van der Waals surface area contributed by atoms with Crippen LogP contribution in [0.1, 0.15) is 11.1 Å². The van der Waals surface area contributed by atoms with Crippen LogP contribution in [0, 0.1) is 0 Å². The molecule has 1 aromatic heterocycles. The van der Waals surface area contributed by atoms with Crippen LogP contribution in [0.3, 0.4) is 0 Å². The number of aliphatic imine (C=N–C) groups is 1. The molecule has 0 spiro atoms. The first-order valence-electron chi connectivity index (χ1n) is 9.56. The summed E-state index contributed by atoms with van der Waals surface area (Å²) < 4.78 is 1.58. The van der Waals surface area contributed by atoms with E-state index in [-0.39, 0.29) is 12.5 Å². The maximum absolute atomic E-state index is 12.2. The van der Waals surface area contributed by atoms with E-state index < -0.39 is 0 Å². The lowest BCUT2D eigenvalue weighted by atomic mass is 10.2. The van der Waals surface area contributed by atoms with Crippen molar-refractivity contribution in [2.24, 2.45) is 4.99 Å². The quantitative estimate of drug-likeness (QED) is 0.450. The fourth-order valence-electron chi connectivity index (χ4n) is 3.05. The maximum Gasteiger partial charge on any atom is 0.246 e. The summed E-state index contributed by atoms with van der Waals surface area (Å²) >= 11 is 6.07. The summed E-state index contributed by atoms with van der Waals surface area (Å²) in [5.74, 6) is 0.643. The molecule has 0 unspecified atom stereocenters. The van der Waals surface area contributed by atoms with Crippen molar-refractivity contribution in [3.8, 4) is 0 Å². The summed E-state index contributed by atoms with van der Waals surface area (Å²) in [6.45, 7) is 1.44. The number of halogens is 1. The Labute approximate surface area is 181 Å². The lowest BCUT2D eigenvalue weighted by Crippen LogP contribution is -2.38. The zero-order valence-corrected chi connectivity index (χ0v) is 17.8. The van der Waals surface area contributed by atoms with Crippen LogP contribution in [0.4, 0.5) is 5.69 Å². The average Bonchev–Trinajstić information content (AvgIpc) is 3.21. The molecule has 0 radical (unpaired) electrons. The molecule has 2 aromatic carbocycles. The highest BCUT2D eigenvalue weighted by Gasteiger charge is 2.08. The second kappa shape index (κ2) is 10.5. The normalized spacial score (nSPS) is 11.2. The van der Waals surface area contributed by atoms with Crippen LogP contribution < -0.4 is 10.6 Å². The van der Waals surface area contributed by atoms with Gasteiger partial charge in [-0.15, -0.1) is 0 Å². The van der Waals surface area contributed by atoms with Crippen molar-refractivity contribution in [1.82, 2.24) is 20.0 Å². The number of anilines is 1. The van der Waals surface area contributed by atoms with Gasteiger partial charge in [0.25, 0.3) is 0 Å². The van der Waals surface area contributed by atoms with Crippen LogP contribution in [-0.2, 0) is 24.4 Å². The number of carbonyl (C=O) groups is 1. The number of nitrogens with one attached hydrogen (secondary N) is 2. The Kier molecular flexibility index (Phi) is 7.45. The minimum absolute atomic E-state index is 0.124. The summed E-state index contributed by atoms with van der Waals surface area (Å²) in [6, 6.07) is 17.3. The summed E-state index contributed by atoms with van der Waals surface area (Å²) in [5.41, 5.74) is 2.88. The number of carbonyl (C=O) groups excluding carboxylic acids is 1. The number of hydrogen-bond acceptors (Lipinski definition) is 3. The Balaban J connectivity index is 1.55. The molecule has 0 bridgehead atoms. The van der Waals surface area contributed by atoms with E-state index in [4.69, 9.17) is 11.6 Å². The van der Waals surface area contributed by atoms with Crippen molar-refractivity contribution in [3.05, 3.63) is 83.1 Å². The van der Waals surface area contributed by atoms with Gasteiger partial charge in [0.1, 0.15) is 6.54 Å². The Morgan fingerprint density at radius 1 is 1.17 bits per heavy atom. The molecule has 30 heavy (non-hydrogen) atoms. The van der Waals surface area contributed by atoms with Gasteiger partial charge in [0, 0.05) is 50.3 Å². The molecule has 0 saturated carbocycles. The molecule has 3 aromatic rings. The zero-order valence-electron chi connectivity index (χ0n) is 17.0. The van der Waals surface area contributed by atoms with Crippen molar-refractivity contribution >= 4 is 29.2 Å². The van der Waals surface area contributed by atoms with Gasteiger partial charge >= 0.3 is 0 Å². The fraction of sp³-hybridized carbons (Fsp3) is 0.227. The molecular weight excluding hydrogens is 400 g/mol. The van der Waals surface area contributed by atoms with E-state index >= 15 is 0 Å². The molecule has 0 aliphatic carbocycles. The van der Waals surface area contributed by atoms with E-state index in [9.17, 15) is 4.79 Å². The third-order valence-electron chi connectivity index (χ3n) is 4.41. The molecule has 0 aliphatic rings. The van der Waals surface area contributed by atoms with Gasteiger partial charge in [-0.1, -0.05) is 35.9 Å². The van der Waals surface area contributed by atoms with Gasteiger partial charge in [0.2, 0.25) is 5.91 Å². The van der Waals surface area contributed by atoms with Gasteiger partial charge in [0.05, 0.1) is 0 Å². The van der Waals surface area contributed by atoms with Gasteiger partial charge in [0.15, 0.2) is 5.96 Å². The maximum atomic E-state index is 12.2. The van der Waals surface area contributed by atoms with E-state index in [1.807, 2.05) is 60.5 Å². The molecule has 7 nitrogen and oxygen atoms in total. The second-order valence-electron chi connectivity index (χ2n) is 6.84. The smallest absolute Gasteiger partial charge is 0.246 e. The number of hydrogen-bond donors (Lipinski definition) is 2. The first kappa shape index (κ1) is 21.4. The van der Waals surface area contributed by atoms with Crippen LogP contribution in [0.5, 0.6) is 0 Å². The topological polar surface area (TPSA) is 74.5 Å². The molecule has 0 aliphatic heterocycles. The van der Waals surface area contributed by atoms with Gasteiger partial charge in [-0.05, 0) is 41.5 Å². The zero-order chi connectivity index (χ0) is 21.3. The fourth-order valence-corrected chi connectivity index (χ4v) is 3.26. The average molecular weight is 425 g/mol. The van der Waals surface area contributed by atoms with Crippen LogP contribution in [0.2, 0.25) is 5.02 Å². The summed E-state index contributed by atoms with van der Waals surface area (Å²) in [4.78, 5) is 18.5. The van der Waals surface area contributed by atoms with E-state index in [0.717, 1.165) is 27.8 Å². The van der Waals surface area contributed by atoms with Gasteiger partial charge in [-0.25, -0.2) is 0 Å². The summed E-state index contributed by atoms with van der Waals surface area (Å²) in [6.07, 6.45) is 3.40. The van der Waals surface area contributed by atoms with Crippen molar-refractivity contribution in [2.45, 2.75) is 19.6 Å². The minimum Gasteiger partial charge on any atom is -0.352 e. The van der Waals surface area contributed by atoms with Crippen LogP contribution >= 0.6 is 11.6 Å². The largest absolute Gasteiger partial charge is 0.352 e. The monoisotopic (exact) mass is 424 g/mol. The van der Waals surface area contributed by atoms with Crippen molar-refractivity contribution < 1.29 is 4.79 Å². The molecule has 156 valence electrons. The first-order chi connectivity index (χ1) is 14.5. The van der Waals surface area contributed by atoms with Gasteiger partial charge in [-0.3, -0.25) is 14.5 Å². The van der Waals surface area contributed by atoms with Gasteiger partial charge in [-0.2, -0.15) is 5.10 Å². The molecule has 1 heterocycles. The second-order valence-corrected chi connectivity index (χ2v) is 7.28. The number of amides is 1. The highest BCUT2D eigenvalue weighted by atomic mass is 35.5. The van der Waals surface area contributed by atoms with Crippen LogP contribution in [0.15, 0.2) is 72.0 Å². The molecule has 8 heteroatoms. The molecular formula is C22H25ClN6O. The molecule has 1 amide bonds. The third-order valence-corrected chi connectivity index (χ3v) is 4.64. The van der Waals surface area contributed by atoms with Gasteiger partial charge < -0.3 is 15.5 Å². The number of benzene rings is 2. The Bertz CT molecular complexity index is 1000. The Morgan fingerprint density at radius 3 is 2.70 bits per heavy atom. The molecule has 0 atom stereocenters. The molecule has 0 fully saturated rings. The predicted octanol–water partition coefficient (Wildman–Crippen LogP) is 3.38. The van der Waals surface area contributed by atoms with Crippen LogP contribution in [-0.4, -0.2) is 40.6 Å². The Hall–Kier alpha value is -3.32. The number of nitrogens with zero attached hydrogens (tertiary/aromatic N) is 4. The minimum atomic E-state index is -0.124. The van der Waals surface area contributed by atoms with E-state index in [1.54, 1.807) is 30.2 Å². The lowest BCUT2D eigenvalue weighted by Gasteiger charge is -2.22. The SMILES string of the molecule is CN=C(NCc1cccc(NC(=O)Cn2cccn2)c1)N(C)Cc1cccc(Cl)c1. The lowest BCUT2D eigenvalue weighted by molar-refractivity contribution is -0.116. The highest BCUT2D eigenvalue weighted by Crippen LogP contribution is 2.13. The van der Waals surface area contributed by atoms with Crippen molar-refractivity contribution in [2.75, 3.05) is 19.4 Å². The highest BCUT2D eigenvalue weighted by molar-refractivity contribution is 6.30. The number of guanidine groups is 1. The van der Waals surface area contributed by atoms with E-state index in [2.05, 4.69) is 20.7 Å². The molecule has 0 saturated heterocycles. The Morgan fingerprint density at radius 2 is 1.97 bits per heavy atom. The first-order valence-corrected chi connectivity index (χ1v) is 9.94. The summed E-state index contributed by atoms with van der Waals surface area (Å²) in [7, 11) is 3.73. The van der Waals surface area contributed by atoms with Crippen LogP contribution in [0.25, 0.3) is 0 Å². The van der Waals surface area contributed by atoms with E-state index in [1.165, 1.54) is 0 Å². The standard InChI is InChI=1S/C22H25ClN6O/c1-24-22(28(2)15-18-7-3-8-19(23)12-18)25-14-17-6-4-9-20(13-17)27-21(30)16-29-11-5-10-26-29/h3-13H,14-16H2,1-2H3,(H,24,25)(H,27,30). The number of aromatic nitrogens is 2.